The minimum atomic E-state index is 0.323. The quantitative estimate of drug-likeness (QED) is 0.677. The van der Waals surface area contributed by atoms with Gasteiger partial charge in [-0.05, 0) is 55.1 Å². The molecule has 0 fully saturated rings. The SMILES string of the molecule is CC1(C)CCCC2=C1CC(C)(C)[C@@H](Nc1ccccc1)C2. The van der Waals surface area contributed by atoms with E-state index in [-0.39, 0.29) is 0 Å². The van der Waals surface area contributed by atoms with Crippen LogP contribution >= 0.6 is 0 Å². The van der Waals surface area contributed by atoms with Crippen molar-refractivity contribution < 1.29 is 0 Å². The van der Waals surface area contributed by atoms with E-state index in [9.17, 15) is 0 Å². The highest BCUT2D eigenvalue weighted by atomic mass is 14.9. The van der Waals surface area contributed by atoms with Crippen molar-refractivity contribution in [2.45, 2.75) is 65.8 Å². The molecule has 2 aliphatic carbocycles. The average Bonchev–Trinajstić information content (AvgIpc) is 2.42. The van der Waals surface area contributed by atoms with Gasteiger partial charge >= 0.3 is 0 Å². The molecule has 21 heavy (non-hydrogen) atoms. The van der Waals surface area contributed by atoms with Gasteiger partial charge in [0.05, 0.1) is 0 Å². The van der Waals surface area contributed by atoms with Crippen molar-refractivity contribution in [3.63, 3.8) is 0 Å². The Balaban J connectivity index is 1.86. The molecule has 1 atom stereocenters. The zero-order valence-electron chi connectivity index (χ0n) is 14.0. The van der Waals surface area contributed by atoms with Crippen molar-refractivity contribution in [3.05, 3.63) is 41.5 Å². The van der Waals surface area contributed by atoms with Crippen LogP contribution in [-0.4, -0.2) is 6.04 Å². The summed E-state index contributed by atoms with van der Waals surface area (Å²) in [6.07, 6.45) is 6.52. The van der Waals surface area contributed by atoms with E-state index in [2.05, 4.69) is 63.3 Å². The molecule has 0 spiro atoms. The van der Waals surface area contributed by atoms with Crippen LogP contribution in [0.5, 0.6) is 0 Å². The molecule has 0 saturated heterocycles. The minimum absolute atomic E-state index is 0.323. The summed E-state index contributed by atoms with van der Waals surface area (Å²) < 4.78 is 0. The van der Waals surface area contributed by atoms with E-state index in [1.807, 2.05) is 0 Å². The lowest BCUT2D eigenvalue weighted by Crippen LogP contribution is -2.43. The minimum Gasteiger partial charge on any atom is -0.381 e. The maximum atomic E-state index is 3.80. The highest BCUT2D eigenvalue weighted by molar-refractivity contribution is 5.45. The molecule has 0 aliphatic heterocycles. The zero-order valence-corrected chi connectivity index (χ0v) is 14.0. The normalized spacial score (nSPS) is 27.1. The first kappa shape index (κ1) is 14.7. The molecule has 114 valence electrons. The van der Waals surface area contributed by atoms with Gasteiger partial charge in [-0.25, -0.2) is 0 Å². The lowest BCUT2D eigenvalue weighted by molar-refractivity contribution is 0.225. The highest BCUT2D eigenvalue weighted by Gasteiger charge is 2.41. The smallest absolute Gasteiger partial charge is 0.0352 e. The second-order valence-corrected chi connectivity index (χ2v) is 8.25. The second-order valence-electron chi connectivity index (χ2n) is 8.25. The van der Waals surface area contributed by atoms with E-state index in [0.29, 0.717) is 16.9 Å². The molecule has 0 heterocycles. The number of para-hydroxylation sites is 1. The number of hydrogen-bond donors (Lipinski definition) is 1. The summed E-state index contributed by atoms with van der Waals surface area (Å²) in [6.45, 7) is 9.76. The number of allylic oxidation sites excluding steroid dienone is 1. The monoisotopic (exact) mass is 283 g/mol. The van der Waals surface area contributed by atoms with Gasteiger partial charge in [0.25, 0.3) is 0 Å². The molecular formula is C20H29N. The third kappa shape index (κ3) is 2.88. The molecule has 1 nitrogen and oxygen atoms in total. The molecule has 0 aromatic heterocycles. The van der Waals surface area contributed by atoms with E-state index in [1.54, 1.807) is 11.1 Å². The van der Waals surface area contributed by atoms with Crippen molar-refractivity contribution in [1.29, 1.82) is 0 Å². The predicted octanol–water partition coefficient (Wildman–Crippen LogP) is 5.79. The summed E-state index contributed by atoms with van der Waals surface area (Å²) in [6, 6.07) is 11.2. The summed E-state index contributed by atoms with van der Waals surface area (Å²) >= 11 is 0. The summed E-state index contributed by atoms with van der Waals surface area (Å²) in [7, 11) is 0. The van der Waals surface area contributed by atoms with Crippen LogP contribution in [0.15, 0.2) is 41.5 Å². The lowest BCUT2D eigenvalue weighted by Gasteiger charge is -2.48. The fraction of sp³-hybridized carbons (Fsp3) is 0.600. The standard InChI is InChI=1S/C20H29N/c1-19(2)12-8-9-15-13-18(20(3,4)14-17(15)19)21-16-10-6-5-7-11-16/h5-7,10-11,18,21H,8-9,12-14H2,1-4H3/t18-/m0/s1. The first-order valence-corrected chi connectivity index (χ1v) is 8.41. The van der Waals surface area contributed by atoms with Gasteiger partial charge < -0.3 is 5.32 Å². The van der Waals surface area contributed by atoms with E-state index >= 15 is 0 Å². The Morgan fingerprint density at radius 3 is 2.48 bits per heavy atom. The van der Waals surface area contributed by atoms with Crippen LogP contribution in [0, 0.1) is 10.8 Å². The molecule has 1 aromatic rings. The molecule has 2 aliphatic rings. The first-order valence-electron chi connectivity index (χ1n) is 8.41. The van der Waals surface area contributed by atoms with Gasteiger partial charge in [-0.15, -0.1) is 0 Å². The molecule has 0 saturated carbocycles. The number of benzene rings is 1. The van der Waals surface area contributed by atoms with E-state index < -0.39 is 0 Å². The Hall–Kier alpha value is -1.24. The Morgan fingerprint density at radius 2 is 1.76 bits per heavy atom. The van der Waals surface area contributed by atoms with Gasteiger partial charge in [-0.3, -0.25) is 0 Å². The van der Waals surface area contributed by atoms with E-state index in [0.717, 1.165) is 0 Å². The Labute approximate surface area is 129 Å². The average molecular weight is 283 g/mol. The maximum absolute atomic E-state index is 3.80. The lowest BCUT2D eigenvalue weighted by atomic mass is 9.60. The largest absolute Gasteiger partial charge is 0.381 e. The number of rotatable bonds is 2. The molecule has 1 N–H and O–H groups in total. The van der Waals surface area contributed by atoms with Crippen molar-refractivity contribution in [1.82, 2.24) is 0 Å². The van der Waals surface area contributed by atoms with E-state index in [1.165, 1.54) is 37.8 Å². The first-order chi connectivity index (χ1) is 9.88. The molecule has 3 rings (SSSR count). The third-order valence-electron chi connectivity index (χ3n) is 5.66. The van der Waals surface area contributed by atoms with Gasteiger partial charge in [0, 0.05) is 11.7 Å². The number of anilines is 1. The Bertz CT molecular complexity index is 536. The van der Waals surface area contributed by atoms with Crippen molar-refractivity contribution in [2.75, 3.05) is 5.32 Å². The molecule has 0 amide bonds. The van der Waals surface area contributed by atoms with Crippen LogP contribution in [-0.2, 0) is 0 Å². The van der Waals surface area contributed by atoms with Crippen molar-refractivity contribution in [2.24, 2.45) is 10.8 Å². The van der Waals surface area contributed by atoms with Crippen LogP contribution in [0.4, 0.5) is 5.69 Å². The van der Waals surface area contributed by atoms with Gasteiger partial charge in [0.1, 0.15) is 0 Å². The van der Waals surface area contributed by atoms with Crippen LogP contribution in [0.3, 0.4) is 0 Å². The Morgan fingerprint density at radius 1 is 1.05 bits per heavy atom. The van der Waals surface area contributed by atoms with Crippen LogP contribution < -0.4 is 5.32 Å². The molecule has 0 radical (unpaired) electrons. The van der Waals surface area contributed by atoms with Crippen molar-refractivity contribution in [3.8, 4) is 0 Å². The van der Waals surface area contributed by atoms with Crippen LogP contribution in [0.1, 0.15) is 59.8 Å². The van der Waals surface area contributed by atoms with Gasteiger partial charge in [0.15, 0.2) is 0 Å². The summed E-state index contributed by atoms with van der Waals surface area (Å²) in [5, 5.41) is 3.80. The Kier molecular flexibility index (Phi) is 3.63. The zero-order chi connectivity index (χ0) is 15.1. The topological polar surface area (TPSA) is 12.0 Å². The fourth-order valence-electron chi connectivity index (χ4n) is 4.20. The van der Waals surface area contributed by atoms with Crippen LogP contribution in [0.2, 0.25) is 0 Å². The highest BCUT2D eigenvalue weighted by Crippen LogP contribution is 2.51. The number of hydrogen-bond acceptors (Lipinski definition) is 1. The molecule has 1 heteroatoms. The summed E-state index contributed by atoms with van der Waals surface area (Å²) in [4.78, 5) is 0. The molecular weight excluding hydrogens is 254 g/mol. The second kappa shape index (κ2) is 5.19. The summed E-state index contributed by atoms with van der Waals surface area (Å²) in [5.41, 5.74) is 5.52. The van der Waals surface area contributed by atoms with Gasteiger partial charge in [0.2, 0.25) is 0 Å². The molecule has 0 bridgehead atoms. The fourth-order valence-corrected chi connectivity index (χ4v) is 4.20. The van der Waals surface area contributed by atoms with Gasteiger partial charge in [-0.2, -0.15) is 0 Å². The molecule has 0 unspecified atom stereocenters. The van der Waals surface area contributed by atoms with Crippen LogP contribution in [0.25, 0.3) is 0 Å². The third-order valence-corrected chi connectivity index (χ3v) is 5.66. The van der Waals surface area contributed by atoms with E-state index in [4.69, 9.17) is 0 Å². The summed E-state index contributed by atoms with van der Waals surface area (Å²) in [5.74, 6) is 0. The molecule has 1 aromatic carbocycles. The predicted molar refractivity (Wildman–Crippen MR) is 91.5 cm³/mol. The number of nitrogens with one attached hydrogen (secondary N) is 1. The van der Waals surface area contributed by atoms with Gasteiger partial charge in [-0.1, -0.05) is 57.0 Å². The maximum Gasteiger partial charge on any atom is 0.0352 e. The van der Waals surface area contributed by atoms with Crippen molar-refractivity contribution >= 4 is 5.69 Å².